The minimum atomic E-state index is -1.04. The first-order valence-electron chi connectivity index (χ1n) is 6.71. The van der Waals surface area contributed by atoms with E-state index in [0.29, 0.717) is 13.1 Å². The number of aliphatic carboxylic acids is 1. The van der Waals surface area contributed by atoms with Gasteiger partial charge >= 0.3 is 12.0 Å². The second-order valence-electron chi connectivity index (χ2n) is 5.10. The van der Waals surface area contributed by atoms with Crippen molar-refractivity contribution in [3.8, 4) is 0 Å². The van der Waals surface area contributed by atoms with Crippen LogP contribution in [0.1, 0.15) is 13.3 Å². The van der Waals surface area contributed by atoms with E-state index in [-0.39, 0.29) is 19.0 Å². The van der Waals surface area contributed by atoms with Crippen LogP contribution in [0.3, 0.4) is 0 Å². The third kappa shape index (κ3) is 2.98. The highest BCUT2D eigenvalue weighted by atomic mass is 16.4. The van der Waals surface area contributed by atoms with Gasteiger partial charge in [0.1, 0.15) is 6.04 Å². The van der Waals surface area contributed by atoms with Crippen molar-refractivity contribution in [1.82, 2.24) is 14.7 Å². The Hall–Kier alpha value is -1.34. The Bertz CT molecular complexity index is 355. The summed E-state index contributed by atoms with van der Waals surface area (Å²) < 4.78 is 0. The summed E-state index contributed by atoms with van der Waals surface area (Å²) in [6, 6.07) is -1.16. The first kappa shape index (κ1) is 14.1. The van der Waals surface area contributed by atoms with Crippen molar-refractivity contribution in [3.05, 3.63) is 0 Å². The van der Waals surface area contributed by atoms with E-state index in [1.807, 2.05) is 0 Å². The molecule has 2 rings (SSSR count). The quantitative estimate of drug-likeness (QED) is 0.691. The number of carbonyl (C=O) groups is 2. The maximum atomic E-state index is 12.3. The van der Waals surface area contributed by atoms with Gasteiger partial charge in [0.15, 0.2) is 0 Å². The molecule has 7 nitrogen and oxygen atoms in total. The Morgan fingerprint density at radius 1 is 1.21 bits per heavy atom. The van der Waals surface area contributed by atoms with E-state index in [1.54, 1.807) is 4.90 Å². The SMILES string of the molecule is CCN1CCN(C(=O)N2C[C@@H](O)C[C@H]2C(=O)O)CC1. The molecule has 0 spiro atoms. The lowest BCUT2D eigenvalue weighted by molar-refractivity contribution is -0.141. The first-order valence-corrected chi connectivity index (χ1v) is 6.71. The molecule has 2 aliphatic heterocycles. The third-order valence-electron chi connectivity index (χ3n) is 3.90. The molecule has 0 radical (unpaired) electrons. The predicted octanol–water partition coefficient (Wildman–Crippen LogP) is -0.736. The molecule has 7 heteroatoms. The lowest BCUT2D eigenvalue weighted by Crippen LogP contribution is -2.54. The van der Waals surface area contributed by atoms with Crippen LogP contribution in [0.2, 0.25) is 0 Å². The number of carboxylic acid groups (broad SMARTS) is 1. The maximum Gasteiger partial charge on any atom is 0.326 e. The number of hydrogen-bond acceptors (Lipinski definition) is 4. The van der Waals surface area contributed by atoms with Gasteiger partial charge in [-0.1, -0.05) is 6.92 Å². The molecule has 0 bridgehead atoms. The van der Waals surface area contributed by atoms with Gasteiger partial charge in [-0.05, 0) is 6.54 Å². The smallest absolute Gasteiger partial charge is 0.326 e. The van der Waals surface area contributed by atoms with E-state index >= 15 is 0 Å². The zero-order valence-electron chi connectivity index (χ0n) is 11.2. The van der Waals surface area contributed by atoms with Crippen molar-refractivity contribution in [3.63, 3.8) is 0 Å². The van der Waals surface area contributed by atoms with E-state index in [9.17, 15) is 14.7 Å². The standard InChI is InChI=1S/C12H21N3O4/c1-2-13-3-5-14(6-4-13)12(19)15-8-9(16)7-10(15)11(17)18/h9-10,16H,2-8H2,1H3,(H,17,18)/t9-,10-/m0/s1. The van der Waals surface area contributed by atoms with Crippen molar-refractivity contribution in [2.45, 2.75) is 25.5 Å². The van der Waals surface area contributed by atoms with Crippen LogP contribution in [0.5, 0.6) is 0 Å². The molecule has 0 aromatic carbocycles. The first-order chi connectivity index (χ1) is 9.02. The maximum absolute atomic E-state index is 12.3. The lowest BCUT2D eigenvalue weighted by atomic mass is 10.2. The Labute approximate surface area is 112 Å². The molecule has 2 aliphatic rings. The van der Waals surface area contributed by atoms with Gasteiger partial charge in [-0.3, -0.25) is 0 Å². The fraction of sp³-hybridized carbons (Fsp3) is 0.833. The van der Waals surface area contributed by atoms with Crippen molar-refractivity contribution in [1.29, 1.82) is 0 Å². The number of piperazine rings is 1. The number of likely N-dealkylation sites (N-methyl/N-ethyl adjacent to an activating group) is 1. The molecular weight excluding hydrogens is 250 g/mol. The summed E-state index contributed by atoms with van der Waals surface area (Å²) in [5.74, 6) is -1.04. The second-order valence-corrected chi connectivity index (χ2v) is 5.10. The van der Waals surface area contributed by atoms with Crippen LogP contribution in [0.15, 0.2) is 0 Å². The van der Waals surface area contributed by atoms with Gasteiger partial charge in [-0.25, -0.2) is 9.59 Å². The fourth-order valence-electron chi connectivity index (χ4n) is 2.70. The monoisotopic (exact) mass is 271 g/mol. The summed E-state index contributed by atoms with van der Waals surface area (Å²) in [5, 5.41) is 18.7. The molecule has 0 unspecified atom stereocenters. The zero-order chi connectivity index (χ0) is 14.0. The fourth-order valence-corrected chi connectivity index (χ4v) is 2.70. The van der Waals surface area contributed by atoms with Crippen LogP contribution in [-0.2, 0) is 4.79 Å². The molecule has 2 amide bonds. The number of hydrogen-bond donors (Lipinski definition) is 2. The van der Waals surface area contributed by atoms with E-state index in [2.05, 4.69) is 11.8 Å². The molecule has 0 aromatic heterocycles. The number of likely N-dealkylation sites (tertiary alicyclic amines) is 1. The molecule has 0 saturated carbocycles. The molecule has 2 N–H and O–H groups in total. The van der Waals surface area contributed by atoms with Gasteiger partial charge in [0.05, 0.1) is 6.10 Å². The number of carbonyl (C=O) groups excluding carboxylic acids is 1. The van der Waals surface area contributed by atoms with Crippen LogP contribution in [-0.4, -0.2) is 88.3 Å². The van der Waals surface area contributed by atoms with Gasteiger partial charge in [0, 0.05) is 39.1 Å². The summed E-state index contributed by atoms with van der Waals surface area (Å²) in [7, 11) is 0. The predicted molar refractivity (Wildman–Crippen MR) is 67.8 cm³/mol. The molecular formula is C12H21N3O4. The summed E-state index contributed by atoms with van der Waals surface area (Å²) in [6.45, 7) is 6.02. The Morgan fingerprint density at radius 3 is 2.37 bits per heavy atom. The molecule has 108 valence electrons. The van der Waals surface area contributed by atoms with Gasteiger partial charge in [-0.2, -0.15) is 0 Å². The summed E-state index contributed by atoms with van der Waals surface area (Å²) in [5.41, 5.74) is 0. The van der Waals surface area contributed by atoms with Crippen molar-refractivity contribution < 1.29 is 19.8 Å². The van der Waals surface area contributed by atoms with Gasteiger partial charge in [-0.15, -0.1) is 0 Å². The van der Waals surface area contributed by atoms with Crippen LogP contribution >= 0.6 is 0 Å². The van der Waals surface area contributed by atoms with Crippen molar-refractivity contribution >= 4 is 12.0 Å². The Morgan fingerprint density at radius 2 is 1.84 bits per heavy atom. The highest BCUT2D eigenvalue weighted by molar-refractivity contribution is 5.83. The molecule has 0 aliphatic carbocycles. The summed E-state index contributed by atoms with van der Waals surface area (Å²) in [4.78, 5) is 28.6. The number of carboxylic acids is 1. The van der Waals surface area contributed by atoms with Crippen LogP contribution < -0.4 is 0 Å². The van der Waals surface area contributed by atoms with Gasteiger partial charge in [0.2, 0.25) is 0 Å². The number of aliphatic hydroxyl groups is 1. The topological polar surface area (TPSA) is 84.3 Å². The minimum Gasteiger partial charge on any atom is -0.480 e. The highest BCUT2D eigenvalue weighted by Gasteiger charge is 2.40. The van der Waals surface area contributed by atoms with E-state index in [0.717, 1.165) is 19.6 Å². The summed E-state index contributed by atoms with van der Waals surface area (Å²) in [6.07, 6.45) is -0.613. The third-order valence-corrected chi connectivity index (χ3v) is 3.90. The molecule has 2 atom stereocenters. The number of urea groups is 1. The number of rotatable bonds is 2. The van der Waals surface area contributed by atoms with Crippen LogP contribution in [0.4, 0.5) is 4.79 Å². The molecule has 0 aromatic rings. The number of β-amino-alcohol motifs (C(OH)–C–C–N with tert-alkyl or cyclic N) is 1. The van der Waals surface area contributed by atoms with Crippen LogP contribution in [0, 0.1) is 0 Å². The highest BCUT2D eigenvalue weighted by Crippen LogP contribution is 2.20. The minimum absolute atomic E-state index is 0.115. The molecule has 2 heterocycles. The Kier molecular flexibility index (Phi) is 4.26. The normalized spacial score (nSPS) is 28.7. The number of amides is 2. The van der Waals surface area contributed by atoms with Crippen molar-refractivity contribution in [2.75, 3.05) is 39.3 Å². The van der Waals surface area contributed by atoms with E-state index in [4.69, 9.17) is 5.11 Å². The molecule has 2 saturated heterocycles. The van der Waals surface area contributed by atoms with Crippen molar-refractivity contribution in [2.24, 2.45) is 0 Å². The summed E-state index contributed by atoms with van der Waals surface area (Å²) >= 11 is 0. The van der Waals surface area contributed by atoms with E-state index in [1.165, 1.54) is 4.90 Å². The average Bonchev–Trinajstić information content (AvgIpc) is 2.80. The second kappa shape index (κ2) is 5.75. The van der Waals surface area contributed by atoms with Gasteiger partial charge in [0.25, 0.3) is 0 Å². The lowest BCUT2D eigenvalue weighted by Gasteiger charge is -2.37. The van der Waals surface area contributed by atoms with E-state index < -0.39 is 18.1 Å². The average molecular weight is 271 g/mol. The largest absolute Gasteiger partial charge is 0.480 e. The zero-order valence-corrected chi connectivity index (χ0v) is 11.2. The Balaban J connectivity index is 1.97. The van der Waals surface area contributed by atoms with Crippen LogP contribution in [0.25, 0.3) is 0 Å². The molecule has 19 heavy (non-hydrogen) atoms. The number of nitrogens with zero attached hydrogens (tertiary/aromatic N) is 3. The van der Waals surface area contributed by atoms with Gasteiger partial charge < -0.3 is 24.9 Å². The number of aliphatic hydroxyl groups excluding tert-OH is 1. The molecule has 2 fully saturated rings.